The molecule has 2 heterocycles. The molecule has 0 aromatic carbocycles. The Labute approximate surface area is 117 Å². The maximum Gasteiger partial charge on any atom is 0.219 e. The Hall–Kier alpha value is -1.27. The van der Waals surface area contributed by atoms with E-state index in [0.29, 0.717) is 0 Å². The number of nitrogens with zero attached hydrogens (tertiary/aromatic N) is 3. The number of aryl methyl sites for hydroxylation is 1. The summed E-state index contributed by atoms with van der Waals surface area (Å²) in [4.78, 5) is 32.0. The molecule has 6 heteroatoms. The average molecular weight is 281 g/mol. The molecule has 1 aromatic heterocycles. The lowest BCUT2D eigenvalue weighted by Gasteiger charge is -2.33. The van der Waals surface area contributed by atoms with Crippen LogP contribution in [0.2, 0.25) is 0 Å². The minimum absolute atomic E-state index is 0.0858. The molecule has 0 aliphatic carbocycles. The third-order valence-corrected chi connectivity index (χ3v) is 4.58. The Bertz CT molecular complexity index is 490. The smallest absolute Gasteiger partial charge is 0.219 e. The first kappa shape index (κ1) is 14.1. The Balaban J connectivity index is 1.94. The number of hydrogen-bond acceptors (Lipinski definition) is 5. The zero-order valence-corrected chi connectivity index (χ0v) is 12.4. The standard InChI is InChI=1S/C13H19N3O2S/c1-9-13(10(2)17)19-12(14-9)8-15-4-6-16(7-5-15)11(3)18/h4-8H2,1-3H3. The van der Waals surface area contributed by atoms with E-state index < -0.39 is 0 Å². The Morgan fingerprint density at radius 3 is 2.32 bits per heavy atom. The van der Waals surface area contributed by atoms with Gasteiger partial charge in [-0.15, -0.1) is 11.3 Å². The van der Waals surface area contributed by atoms with E-state index in [1.54, 1.807) is 13.8 Å². The molecule has 1 fully saturated rings. The molecule has 0 radical (unpaired) electrons. The molecule has 2 rings (SSSR count). The molecule has 1 saturated heterocycles. The van der Waals surface area contributed by atoms with Gasteiger partial charge in [0.15, 0.2) is 5.78 Å². The predicted octanol–water partition coefficient (Wildman–Crippen LogP) is 1.32. The first-order valence-electron chi connectivity index (χ1n) is 6.42. The number of carbonyl (C=O) groups is 2. The van der Waals surface area contributed by atoms with E-state index in [1.807, 2.05) is 11.8 Å². The number of piperazine rings is 1. The molecule has 0 atom stereocenters. The summed E-state index contributed by atoms with van der Waals surface area (Å²) >= 11 is 1.49. The Morgan fingerprint density at radius 2 is 1.84 bits per heavy atom. The van der Waals surface area contributed by atoms with E-state index >= 15 is 0 Å². The van der Waals surface area contributed by atoms with Crippen LogP contribution in [-0.2, 0) is 11.3 Å². The predicted molar refractivity (Wildman–Crippen MR) is 74.4 cm³/mol. The van der Waals surface area contributed by atoms with E-state index in [0.717, 1.165) is 48.3 Å². The van der Waals surface area contributed by atoms with Gasteiger partial charge in [0.1, 0.15) is 5.01 Å². The summed E-state index contributed by atoms with van der Waals surface area (Å²) in [5.74, 6) is 0.228. The number of aromatic nitrogens is 1. The van der Waals surface area contributed by atoms with Crippen LogP contribution >= 0.6 is 11.3 Å². The van der Waals surface area contributed by atoms with Crippen LogP contribution in [0.3, 0.4) is 0 Å². The molecule has 1 amide bonds. The van der Waals surface area contributed by atoms with Crippen LogP contribution in [0.4, 0.5) is 0 Å². The van der Waals surface area contributed by atoms with Crippen molar-refractivity contribution in [2.24, 2.45) is 0 Å². The molecule has 0 saturated carbocycles. The summed E-state index contributed by atoms with van der Waals surface area (Å²) in [6.07, 6.45) is 0. The minimum Gasteiger partial charge on any atom is -0.340 e. The zero-order chi connectivity index (χ0) is 14.0. The number of hydrogen-bond donors (Lipinski definition) is 0. The Morgan fingerprint density at radius 1 is 1.21 bits per heavy atom. The van der Waals surface area contributed by atoms with Crippen LogP contribution in [0.5, 0.6) is 0 Å². The molecule has 0 spiro atoms. The van der Waals surface area contributed by atoms with Crippen molar-refractivity contribution in [3.63, 3.8) is 0 Å². The molecule has 5 nitrogen and oxygen atoms in total. The third kappa shape index (κ3) is 3.39. The largest absolute Gasteiger partial charge is 0.340 e. The topological polar surface area (TPSA) is 53.5 Å². The summed E-state index contributed by atoms with van der Waals surface area (Å²) in [5.41, 5.74) is 0.829. The number of carbonyl (C=O) groups excluding carboxylic acids is 2. The van der Waals surface area contributed by atoms with Crippen molar-refractivity contribution < 1.29 is 9.59 Å². The summed E-state index contributed by atoms with van der Waals surface area (Å²) in [7, 11) is 0. The normalized spacial score (nSPS) is 16.7. The molecule has 0 N–H and O–H groups in total. The Kier molecular flexibility index (Phi) is 4.31. The van der Waals surface area contributed by atoms with Gasteiger partial charge in [-0.25, -0.2) is 4.98 Å². The van der Waals surface area contributed by atoms with Crippen LogP contribution in [0.15, 0.2) is 0 Å². The second-order valence-electron chi connectivity index (χ2n) is 4.86. The van der Waals surface area contributed by atoms with E-state index in [9.17, 15) is 9.59 Å². The highest BCUT2D eigenvalue weighted by Gasteiger charge is 2.20. The first-order chi connectivity index (χ1) is 8.97. The van der Waals surface area contributed by atoms with Crippen molar-refractivity contribution >= 4 is 23.0 Å². The van der Waals surface area contributed by atoms with Crippen LogP contribution in [-0.4, -0.2) is 52.7 Å². The highest BCUT2D eigenvalue weighted by molar-refractivity contribution is 7.13. The maximum absolute atomic E-state index is 11.4. The molecule has 1 aliphatic heterocycles. The monoisotopic (exact) mass is 281 g/mol. The molecule has 1 aliphatic rings. The molecule has 19 heavy (non-hydrogen) atoms. The van der Waals surface area contributed by atoms with E-state index in [2.05, 4.69) is 9.88 Å². The van der Waals surface area contributed by atoms with Crippen molar-refractivity contribution in [3.05, 3.63) is 15.6 Å². The second-order valence-corrected chi connectivity index (χ2v) is 5.94. The van der Waals surface area contributed by atoms with Gasteiger partial charge in [-0.3, -0.25) is 14.5 Å². The van der Waals surface area contributed by atoms with Gasteiger partial charge in [0.25, 0.3) is 0 Å². The fourth-order valence-corrected chi connectivity index (χ4v) is 3.26. The van der Waals surface area contributed by atoms with Crippen molar-refractivity contribution in [2.75, 3.05) is 26.2 Å². The van der Waals surface area contributed by atoms with Crippen LogP contribution in [0.25, 0.3) is 0 Å². The second kappa shape index (κ2) is 5.79. The van der Waals surface area contributed by atoms with Crippen LogP contribution in [0, 0.1) is 6.92 Å². The highest BCUT2D eigenvalue weighted by Crippen LogP contribution is 2.20. The zero-order valence-electron chi connectivity index (χ0n) is 11.6. The van der Waals surface area contributed by atoms with Crippen molar-refractivity contribution in [2.45, 2.75) is 27.3 Å². The summed E-state index contributed by atoms with van der Waals surface area (Å²) in [6.45, 7) is 9.13. The minimum atomic E-state index is 0.0858. The lowest BCUT2D eigenvalue weighted by molar-refractivity contribution is -0.130. The van der Waals surface area contributed by atoms with Gasteiger partial charge in [-0.1, -0.05) is 0 Å². The van der Waals surface area contributed by atoms with Gasteiger partial charge in [0.2, 0.25) is 5.91 Å². The number of rotatable bonds is 3. The summed E-state index contributed by atoms with van der Waals surface area (Å²) in [6, 6.07) is 0. The third-order valence-electron chi connectivity index (χ3n) is 3.34. The van der Waals surface area contributed by atoms with Crippen molar-refractivity contribution in [1.82, 2.24) is 14.8 Å². The fraction of sp³-hybridized carbons (Fsp3) is 0.615. The molecule has 0 unspecified atom stereocenters. The lowest BCUT2D eigenvalue weighted by atomic mass is 10.3. The first-order valence-corrected chi connectivity index (χ1v) is 7.24. The molecular formula is C13H19N3O2S. The quantitative estimate of drug-likeness (QED) is 0.784. The lowest BCUT2D eigenvalue weighted by Crippen LogP contribution is -2.47. The number of thiazole rings is 1. The highest BCUT2D eigenvalue weighted by atomic mass is 32.1. The SMILES string of the molecule is CC(=O)c1sc(CN2CCN(C(C)=O)CC2)nc1C. The van der Waals surface area contributed by atoms with E-state index in [4.69, 9.17) is 0 Å². The van der Waals surface area contributed by atoms with Crippen molar-refractivity contribution in [1.29, 1.82) is 0 Å². The van der Waals surface area contributed by atoms with Gasteiger partial charge in [-0.05, 0) is 6.92 Å². The van der Waals surface area contributed by atoms with Gasteiger partial charge in [0.05, 0.1) is 17.1 Å². The average Bonchev–Trinajstić information content (AvgIpc) is 2.71. The summed E-state index contributed by atoms with van der Waals surface area (Å²) in [5, 5.41) is 0.985. The van der Waals surface area contributed by atoms with Crippen LogP contribution < -0.4 is 0 Å². The molecule has 104 valence electrons. The van der Waals surface area contributed by atoms with Gasteiger partial charge in [0, 0.05) is 40.0 Å². The number of amides is 1. The van der Waals surface area contributed by atoms with Crippen molar-refractivity contribution in [3.8, 4) is 0 Å². The molecule has 0 bridgehead atoms. The maximum atomic E-state index is 11.4. The van der Waals surface area contributed by atoms with E-state index in [-0.39, 0.29) is 11.7 Å². The van der Waals surface area contributed by atoms with Gasteiger partial charge >= 0.3 is 0 Å². The van der Waals surface area contributed by atoms with Gasteiger partial charge in [-0.2, -0.15) is 0 Å². The molecule has 1 aromatic rings. The number of ketones is 1. The molecular weight excluding hydrogens is 262 g/mol. The summed E-state index contributed by atoms with van der Waals surface area (Å²) < 4.78 is 0. The van der Waals surface area contributed by atoms with Gasteiger partial charge < -0.3 is 4.90 Å². The fourth-order valence-electron chi connectivity index (χ4n) is 2.26. The van der Waals surface area contributed by atoms with E-state index in [1.165, 1.54) is 11.3 Å². The number of Topliss-reactive ketones (excluding diaryl/α,β-unsaturated/α-hetero) is 1. The van der Waals surface area contributed by atoms with Crippen LogP contribution in [0.1, 0.15) is 34.2 Å².